The van der Waals surface area contributed by atoms with E-state index in [-0.39, 0.29) is 5.97 Å². The van der Waals surface area contributed by atoms with Gasteiger partial charge in [0, 0.05) is 6.08 Å². The molecule has 0 N–H and O–H groups in total. The lowest BCUT2D eigenvalue weighted by molar-refractivity contribution is -0.137. The predicted octanol–water partition coefficient (Wildman–Crippen LogP) is 3.08. The Bertz CT molecular complexity index is 455. The Morgan fingerprint density at radius 3 is 2.40 bits per heavy atom. The number of benzene rings is 1. The second-order valence-electron chi connectivity index (χ2n) is 3.82. The van der Waals surface area contributed by atoms with E-state index >= 15 is 0 Å². The first kappa shape index (κ1) is 16.5. The standard InChI is InChI=1S/C14H15IO5/c1-2-13(16)19-10-4-3-9-18-12-7-5-11(6-8-12)14(17)20-15/h2,5-8H,1,3-4,9-10H2. The van der Waals surface area contributed by atoms with E-state index in [1.54, 1.807) is 47.3 Å². The second-order valence-corrected chi connectivity index (χ2v) is 4.26. The number of carbonyl (C=O) groups excluding carboxylic acids is 2. The molecule has 0 saturated heterocycles. The summed E-state index contributed by atoms with van der Waals surface area (Å²) in [5, 5.41) is 0. The fraction of sp³-hybridized carbons (Fsp3) is 0.286. The van der Waals surface area contributed by atoms with E-state index in [1.807, 2.05) is 0 Å². The van der Waals surface area contributed by atoms with Crippen LogP contribution < -0.4 is 4.74 Å². The van der Waals surface area contributed by atoms with Crippen LogP contribution in [0.25, 0.3) is 0 Å². The molecule has 0 unspecified atom stereocenters. The Balaban J connectivity index is 2.20. The molecule has 20 heavy (non-hydrogen) atoms. The normalized spacial score (nSPS) is 9.65. The van der Waals surface area contributed by atoms with Gasteiger partial charge in [-0.3, -0.25) is 0 Å². The molecule has 1 aromatic rings. The number of carbonyl (C=O) groups is 2. The van der Waals surface area contributed by atoms with E-state index < -0.39 is 5.97 Å². The molecule has 108 valence electrons. The van der Waals surface area contributed by atoms with Crippen LogP contribution in [0, 0.1) is 0 Å². The van der Waals surface area contributed by atoms with E-state index in [0.717, 1.165) is 18.9 Å². The maximum Gasteiger partial charge on any atom is 0.347 e. The quantitative estimate of drug-likeness (QED) is 0.296. The molecule has 0 radical (unpaired) electrons. The maximum atomic E-state index is 11.2. The summed E-state index contributed by atoms with van der Waals surface area (Å²) in [5.74, 6) is -0.122. The van der Waals surface area contributed by atoms with Gasteiger partial charge in [0.1, 0.15) is 5.75 Å². The molecule has 5 nitrogen and oxygen atoms in total. The van der Waals surface area contributed by atoms with Gasteiger partial charge in [-0.05, 0) is 37.1 Å². The maximum absolute atomic E-state index is 11.2. The van der Waals surface area contributed by atoms with Crippen molar-refractivity contribution in [3.63, 3.8) is 0 Å². The molecule has 0 aliphatic rings. The van der Waals surface area contributed by atoms with Crippen LogP contribution in [0.2, 0.25) is 0 Å². The minimum atomic E-state index is -0.413. The summed E-state index contributed by atoms with van der Waals surface area (Å²) in [6, 6.07) is 6.70. The third-order valence-corrected chi connectivity index (χ3v) is 2.78. The van der Waals surface area contributed by atoms with Crippen molar-refractivity contribution >= 4 is 34.9 Å². The van der Waals surface area contributed by atoms with Crippen LogP contribution in [0.5, 0.6) is 5.75 Å². The molecule has 0 aliphatic heterocycles. The molecular formula is C14H15IO5. The van der Waals surface area contributed by atoms with Crippen LogP contribution in [0.15, 0.2) is 36.9 Å². The van der Waals surface area contributed by atoms with Gasteiger partial charge in [-0.2, -0.15) is 0 Å². The van der Waals surface area contributed by atoms with Gasteiger partial charge in [0.05, 0.1) is 18.8 Å². The Hall–Kier alpha value is -1.57. The summed E-state index contributed by atoms with van der Waals surface area (Å²) < 4.78 is 14.9. The van der Waals surface area contributed by atoms with Crippen molar-refractivity contribution < 1.29 is 22.1 Å². The summed E-state index contributed by atoms with van der Waals surface area (Å²) in [5.41, 5.74) is 0.475. The van der Waals surface area contributed by atoms with Crippen LogP contribution in [0.1, 0.15) is 23.2 Å². The molecular weight excluding hydrogens is 375 g/mol. The van der Waals surface area contributed by atoms with Crippen molar-refractivity contribution in [1.82, 2.24) is 0 Å². The van der Waals surface area contributed by atoms with E-state index in [0.29, 0.717) is 24.5 Å². The SMILES string of the molecule is C=CC(=O)OCCCCOc1ccc(C(=O)OI)cc1. The summed E-state index contributed by atoms with van der Waals surface area (Å²) in [4.78, 5) is 22.0. The lowest BCUT2D eigenvalue weighted by Gasteiger charge is -2.06. The molecule has 0 aromatic heterocycles. The molecule has 0 fully saturated rings. The highest BCUT2D eigenvalue weighted by Gasteiger charge is 2.05. The lowest BCUT2D eigenvalue weighted by atomic mass is 10.2. The van der Waals surface area contributed by atoms with Crippen LogP contribution in [0.3, 0.4) is 0 Å². The third kappa shape index (κ3) is 6.05. The van der Waals surface area contributed by atoms with Crippen LogP contribution in [-0.2, 0) is 12.6 Å². The summed E-state index contributed by atoms with van der Waals surface area (Å²) in [6.07, 6.45) is 2.62. The average molecular weight is 390 g/mol. The third-order valence-electron chi connectivity index (χ3n) is 2.38. The van der Waals surface area contributed by atoms with E-state index in [4.69, 9.17) is 9.47 Å². The second kappa shape index (κ2) is 9.35. The molecule has 0 atom stereocenters. The molecule has 0 bridgehead atoms. The zero-order valence-corrected chi connectivity index (χ0v) is 13.0. The number of ether oxygens (including phenoxy) is 2. The Morgan fingerprint density at radius 1 is 1.15 bits per heavy atom. The highest BCUT2D eigenvalue weighted by Crippen LogP contribution is 2.14. The van der Waals surface area contributed by atoms with Crippen molar-refractivity contribution in [2.45, 2.75) is 12.8 Å². The van der Waals surface area contributed by atoms with E-state index in [1.165, 1.54) is 0 Å². The molecule has 0 aliphatic carbocycles. The van der Waals surface area contributed by atoms with Gasteiger partial charge < -0.3 is 12.5 Å². The van der Waals surface area contributed by atoms with Gasteiger partial charge in [0.25, 0.3) is 0 Å². The predicted molar refractivity (Wildman–Crippen MR) is 81.8 cm³/mol. The molecule has 1 rings (SSSR count). The minimum absolute atomic E-state index is 0.356. The fourth-order valence-corrected chi connectivity index (χ4v) is 1.61. The zero-order valence-electron chi connectivity index (χ0n) is 10.8. The number of hydrogen-bond donors (Lipinski definition) is 0. The lowest BCUT2D eigenvalue weighted by Crippen LogP contribution is -2.04. The van der Waals surface area contributed by atoms with Crippen LogP contribution >= 0.6 is 23.0 Å². The topological polar surface area (TPSA) is 61.8 Å². The van der Waals surface area contributed by atoms with Crippen molar-refractivity contribution in [3.8, 4) is 5.75 Å². The minimum Gasteiger partial charge on any atom is -0.494 e. The summed E-state index contributed by atoms with van der Waals surface area (Å²) in [6.45, 7) is 4.18. The van der Waals surface area contributed by atoms with Gasteiger partial charge in [-0.1, -0.05) is 6.58 Å². The highest BCUT2D eigenvalue weighted by atomic mass is 127. The molecule has 0 amide bonds. The van der Waals surface area contributed by atoms with Crippen LogP contribution in [0.4, 0.5) is 0 Å². The summed E-state index contributed by atoms with van der Waals surface area (Å²) in [7, 11) is 0. The van der Waals surface area contributed by atoms with Gasteiger partial charge in [-0.15, -0.1) is 0 Å². The van der Waals surface area contributed by atoms with Crippen molar-refractivity contribution in [1.29, 1.82) is 0 Å². The van der Waals surface area contributed by atoms with Gasteiger partial charge in [0.15, 0.2) is 23.0 Å². The number of rotatable bonds is 8. The molecule has 1 aromatic carbocycles. The number of unbranched alkanes of at least 4 members (excludes halogenated alkanes) is 1. The van der Waals surface area contributed by atoms with E-state index in [2.05, 4.69) is 9.65 Å². The van der Waals surface area contributed by atoms with Crippen molar-refractivity contribution in [2.24, 2.45) is 0 Å². The van der Waals surface area contributed by atoms with Crippen molar-refractivity contribution in [3.05, 3.63) is 42.5 Å². The first-order chi connectivity index (χ1) is 9.67. The summed E-state index contributed by atoms with van der Waals surface area (Å²) >= 11 is 1.55. The first-order valence-electron chi connectivity index (χ1n) is 6.02. The molecule has 0 heterocycles. The molecule has 0 saturated carbocycles. The Morgan fingerprint density at radius 2 is 1.80 bits per heavy atom. The van der Waals surface area contributed by atoms with Gasteiger partial charge >= 0.3 is 11.9 Å². The highest BCUT2D eigenvalue weighted by molar-refractivity contribution is 14.1. The number of hydrogen-bond acceptors (Lipinski definition) is 5. The first-order valence-corrected chi connectivity index (χ1v) is 6.90. The smallest absolute Gasteiger partial charge is 0.347 e. The molecule has 0 spiro atoms. The fourth-order valence-electron chi connectivity index (χ4n) is 1.36. The Labute approximate surface area is 131 Å². The van der Waals surface area contributed by atoms with E-state index in [9.17, 15) is 9.59 Å². The number of halogens is 1. The van der Waals surface area contributed by atoms with Crippen molar-refractivity contribution in [2.75, 3.05) is 13.2 Å². The average Bonchev–Trinajstić information content (AvgIpc) is 2.50. The van der Waals surface area contributed by atoms with Gasteiger partial charge in [-0.25, -0.2) is 9.59 Å². The Kier molecular flexibility index (Phi) is 7.71. The zero-order chi connectivity index (χ0) is 14.8. The van der Waals surface area contributed by atoms with Crippen LogP contribution in [-0.4, -0.2) is 25.2 Å². The van der Waals surface area contributed by atoms with Gasteiger partial charge in [0.2, 0.25) is 0 Å². The monoisotopic (exact) mass is 390 g/mol. The number of esters is 1. The largest absolute Gasteiger partial charge is 0.494 e. The molecule has 6 heteroatoms.